The molecule has 1 heterocycles. The number of methoxy groups -OCH3 is 1. The Morgan fingerprint density at radius 3 is 3.11 bits per heavy atom. The summed E-state index contributed by atoms with van der Waals surface area (Å²) >= 11 is 6.10. The van der Waals surface area contributed by atoms with E-state index in [9.17, 15) is 4.39 Å². The molecule has 3 nitrogen and oxygen atoms in total. The van der Waals surface area contributed by atoms with E-state index in [0.717, 1.165) is 31.7 Å². The Kier molecular flexibility index (Phi) is 5.58. The van der Waals surface area contributed by atoms with Crippen molar-refractivity contribution in [2.24, 2.45) is 5.92 Å². The van der Waals surface area contributed by atoms with Crippen LogP contribution in [0, 0.1) is 11.7 Å². The number of benzene rings is 1. The van der Waals surface area contributed by atoms with Gasteiger partial charge in [0, 0.05) is 37.7 Å². The van der Waals surface area contributed by atoms with Gasteiger partial charge in [-0.3, -0.25) is 0 Å². The minimum absolute atomic E-state index is 0.0526. The third-order valence-electron chi connectivity index (χ3n) is 3.37. The fraction of sp³-hybridized carbons (Fsp3) is 0.571. The molecule has 1 aliphatic rings. The molecule has 1 aliphatic heterocycles. The molecule has 1 fully saturated rings. The molecule has 2 unspecified atom stereocenters. The monoisotopic (exact) mass is 287 g/mol. The summed E-state index contributed by atoms with van der Waals surface area (Å²) in [6, 6.07) is 4.49. The molecule has 0 aromatic heterocycles. The van der Waals surface area contributed by atoms with Crippen molar-refractivity contribution in [2.45, 2.75) is 12.5 Å². The minimum atomic E-state index is -0.318. The van der Waals surface area contributed by atoms with Crippen LogP contribution in [0.3, 0.4) is 0 Å². The SMILES string of the molecule is COCCNCC1CCOC1c1ccc(F)cc1Cl. The van der Waals surface area contributed by atoms with E-state index in [-0.39, 0.29) is 11.9 Å². The first-order chi connectivity index (χ1) is 9.22. The van der Waals surface area contributed by atoms with Gasteiger partial charge in [-0.1, -0.05) is 17.7 Å². The lowest BCUT2D eigenvalue weighted by molar-refractivity contribution is 0.0899. The third kappa shape index (κ3) is 3.89. The van der Waals surface area contributed by atoms with Crippen molar-refractivity contribution < 1.29 is 13.9 Å². The van der Waals surface area contributed by atoms with Gasteiger partial charge in [0.15, 0.2) is 0 Å². The number of hydrogen-bond donors (Lipinski definition) is 1. The maximum absolute atomic E-state index is 13.1. The van der Waals surface area contributed by atoms with E-state index in [0.29, 0.717) is 17.5 Å². The Labute approximate surface area is 118 Å². The van der Waals surface area contributed by atoms with E-state index in [1.165, 1.54) is 12.1 Å². The lowest BCUT2D eigenvalue weighted by Gasteiger charge is -2.20. The normalized spacial score (nSPS) is 22.9. The second-order valence-corrected chi connectivity index (χ2v) is 5.11. The molecule has 5 heteroatoms. The summed E-state index contributed by atoms with van der Waals surface area (Å²) in [5.74, 6) is 0.0429. The zero-order valence-electron chi connectivity index (χ0n) is 11.0. The number of nitrogens with one attached hydrogen (secondary N) is 1. The fourth-order valence-electron chi connectivity index (χ4n) is 2.38. The van der Waals surface area contributed by atoms with Crippen LogP contribution in [-0.4, -0.2) is 33.4 Å². The molecule has 2 atom stereocenters. The van der Waals surface area contributed by atoms with Gasteiger partial charge in [-0.05, 0) is 24.1 Å². The summed E-state index contributed by atoms with van der Waals surface area (Å²) in [5, 5.41) is 3.78. The van der Waals surface area contributed by atoms with E-state index >= 15 is 0 Å². The number of hydrogen-bond acceptors (Lipinski definition) is 3. The maximum atomic E-state index is 13.1. The highest BCUT2D eigenvalue weighted by Crippen LogP contribution is 2.37. The Morgan fingerprint density at radius 2 is 2.37 bits per heavy atom. The molecule has 1 N–H and O–H groups in total. The van der Waals surface area contributed by atoms with Crippen LogP contribution in [0.1, 0.15) is 18.1 Å². The van der Waals surface area contributed by atoms with Gasteiger partial charge in [-0.25, -0.2) is 4.39 Å². The highest BCUT2D eigenvalue weighted by atomic mass is 35.5. The molecule has 0 amide bonds. The first-order valence-corrected chi connectivity index (χ1v) is 6.86. The molecule has 19 heavy (non-hydrogen) atoms. The van der Waals surface area contributed by atoms with E-state index in [2.05, 4.69) is 5.32 Å². The van der Waals surface area contributed by atoms with Crippen molar-refractivity contribution in [1.82, 2.24) is 5.32 Å². The van der Waals surface area contributed by atoms with Crippen LogP contribution in [0.2, 0.25) is 5.02 Å². The highest BCUT2D eigenvalue weighted by molar-refractivity contribution is 6.31. The summed E-state index contributed by atoms with van der Waals surface area (Å²) in [5.41, 5.74) is 0.874. The second kappa shape index (κ2) is 7.20. The van der Waals surface area contributed by atoms with Crippen LogP contribution >= 0.6 is 11.6 Å². The predicted octanol–water partition coefficient (Wildman–Crippen LogP) is 2.79. The average Bonchev–Trinajstić information content (AvgIpc) is 2.83. The van der Waals surface area contributed by atoms with Crippen molar-refractivity contribution in [2.75, 3.05) is 33.4 Å². The van der Waals surface area contributed by atoms with Crippen LogP contribution < -0.4 is 5.32 Å². The minimum Gasteiger partial charge on any atom is -0.383 e. The first-order valence-electron chi connectivity index (χ1n) is 6.48. The molecule has 0 aliphatic carbocycles. The summed E-state index contributed by atoms with van der Waals surface area (Å²) in [6.07, 6.45) is 0.932. The molecule has 1 aromatic rings. The van der Waals surface area contributed by atoms with Gasteiger partial charge in [0.05, 0.1) is 12.7 Å². The Morgan fingerprint density at radius 1 is 1.53 bits per heavy atom. The lowest BCUT2D eigenvalue weighted by atomic mass is 9.95. The third-order valence-corrected chi connectivity index (χ3v) is 3.70. The van der Waals surface area contributed by atoms with Crippen molar-refractivity contribution in [1.29, 1.82) is 0 Å². The zero-order valence-corrected chi connectivity index (χ0v) is 11.8. The standard InChI is InChI=1S/C14H19ClFNO2/c1-18-7-5-17-9-10-4-6-19-14(10)12-3-2-11(16)8-13(12)15/h2-3,8,10,14,17H,4-7,9H2,1H3. The summed E-state index contributed by atoms with van der Waals surface area (Å²) in [7, 11) is 1.68. The Hall–Kier alpha value is -0.680. The average molecular weight is 288 g/mol. The van der Waals surface area contributed by atoms with E-state index in [1.54, 1.807) is 13.2 Å². The molecule has 2 rings (SSSR count). The van der Waals surface area contributed by atoms with E-state index < -0.39 is 0 Å². The first kappa shape index (κ1) is 14.7. The molecule has 1 saturated heterocycles. The van der Waals surface area contributed by atoms with Gasteiger partial charge >= 0.3 is 0 Å². The maximum Gasteiger partial charge on any atom is 0.124 e. The van der Waals surface area contributed by atoms with Crippen LogP contribution in [0.15, 0.2) is 18.2 Å². The van der Waals surface area contributed by atoms with Crippen molar-refractivity contribution in [3.05, 3.63) is 34.6 Å². The predicted molar refractivity (Wildman–Crippen MR) is 73.0 cm³/mol. The quantitative estimate of drug-likeness (QED) is 0.816. The lowest BCUT2D eigenvalue weighted by Crippen LogP contribution is -2.27. The van der Waals surface area contributed by atoms with Gasteiger partial charge in [-0.15, -0.1) is 0 Å². The van der Waals surface area contributed by atoms with Gasteiger partial charge in [-0.2, -0.15) is 0 Å². The van der Waals surface area contributed by atoms with E-state index in [1.807, 2.05) is 0 Å². The molecule has 1 aromatic carbocycles. The van der Waals surface area contributed by atoms with Gasteiger partial charge in [0.2, 0.25) is 0 Å². The largest absolute Gasteiger partial charge is 0.383 e. The van der Waals surface area contributed by atoms with Crippen LogP contribution in [0.4, 0.5) is 4.39 Å². The summed E-state index contributed by atoms with van der Waals surface area (Å²) in [6.45, 7) is 3.07. The molecule has 0 bridgehead atoms. The topological polar surface area (TPSA) is 30.5 Å². The highest BCUT2D eigenvalue weighted by Gasteiger charge is 2.30. The van der Waals surface area contributed by atoms with Crippen LogP contribution in [-0.2, 0) is 9.47 Å². The van der Waals surface area contributed by atoms with Gasteiger partial charge in [0.1, 0.15) is 5.82 Å². The number of rotatable bonds is 6. The molecule has 0 spiro atoms. The van der Waals surface area contributed by atoms with Gasteiger partial charge < -0.3 is 14.8 Å². The smallest absolute Gasteiger partial charge is 0.124 e. The second-order valence-electron chi connectivity index (χ2n) is 4.70. The molecular weight excluding hydrogens is 269 g/mol. The van der Waals surface area contributed by atoms with Gasteiger partial charge in [0.25, 0.3) is 0 Å². The fourth-order valence-corrected chi connectivity index (χ4v) is 2.66. The van der Waals surface area contributed by atoms with Crippen molar-refractivity contribution in [3.8, 4) is 0 Å². The summed E-state index contributed by atoms with van der Waals surface area (Å²) < 4.78 is 23.8. The van der Waals surface area contributed by atoms with Crippen molar-refractivity contribution >= 4 is 11.6 Å². The van der Waals surface area contributed by atoms with Crippen LogP contribution in [0.5, 0.6) is 0 Å². The molecule has 0 radical (unpaired) electrons. The summed E-state index contributed by atoms with van der Waals surface area (Å²) in [4.78, 5) is 0. The zero-order chi connectivity index (χ0) is 13.7. The number of ether oxygens (including phenoxy) is 2. The molecular formula is C14H19ClFNO2. The van der Waals surface area contributed by atoms with Crippen LogP contribution in [0.25, 0.3) is 0 Å². The Bertz CT molecular complexity index is 416. The van der Waals surface area contributed by atoms with Crippen molar-refractivity contribution in [3.63, 3.8) is 0 Å². The molecule has 106 valence electrons. The Balaban J connectivity index is 1.97. The van der Waals surface area contributed by atoms with E-state index in [4.69, 9.17) is 21.1 Å². The molecule has 0 saturated carbocycles. The number of halogens is 2.